The molecule has 1 aromatic rings. The Bertz CT molecular complexity index is 606. The largest absolute Gasteiger partial charge is 0.493 e. The predicted molar refractivity (Wildman–Crippen MR) is 112 cm³/mol. The molecule has 27 heavy (non-hydrogen) atoms. The van der Waals surface area contributed by atoms with Crippen LogP contribution in [-0.4, -0.2) is 76.3 Å². The van der Waals surface area contributed by atoms with Crippen LogP contribution >= 0.6 is 0 Å². The third kappa shape index (κ3) is 6.31. The zero-order chi connectivity index (χ0) is 19.6. The van der Waals surface area contributed by atoms with Crippen molar-refractivity contribution >= 4 is 5.96 Å². The lowest BCUT2D eigenvalue weighted by Crippen LogP contribution is -2.46. The SMILES string of the molecule is CN=C(NCCN1CCCCC1C)N(C)CCc1ccc(OC)c(OC)c1. The van der Waals surface area contributed by atoms with Gasteiger partial charge in [-0.25, -0.2) is 0 Å². The van der Waals surface area contributed by atoms with E-state index in [0.717, 1.165) is 43.5 Å². The quantitative estimate of drug-likeness (QED) is 0.558. The molecule has 1 unspecified atom stereocenters. The Balaban J connectivity index is 1.80. The highest BCUT2D eigenvalue weighted by Gasteiger charge is 2.17. The van der Waals surface area contributed by atoms with E-state index in [1.54, 1.807) is 14.2 Å². The molecule has 1 heterocycles. The molecule has 0 bridgehead atoms. The molecule has 1 atom stereocenters. The number of aliphatic imine (C=N–C) groups is 1. The van der Waals surface area contributed by atoms with Crippen LogP contribution in [0.5, 0.6) is 11.5 Å². The molecule has 1 saturated heterocycles. The number of hydrogen-bond donors (Lipinski definition) is 1. The third-order valence-corrected chi connectivity index (χ3v) is 5.38. The second-order valence-corrected chi connectivity index (χ2v) is 7.22. The van der Waals surface area contributed by atoms with E-state index < -0.39 is 0 Å². The summed E-state index contributed by atoms with van der Waals surface area (Å²) < 4.78 is 10.7. The topological polar surface area (TPSA) is 49.3 Å². The number of likely N-dealkylation sites (tertiary alicyclic amines) is 1. The summed E-state index contributed by atoms with van der Waals surface area (Å²) in [5.74, 6) is 2.48. The smallest absolute Gasteiger partial charge is 0.193 e. The molecular formula is C21H36N4O2. The van der Waals surface area contributed by atoms with Gasteiger partial charge in [-0.05, 0) is 50.4 Å². The van der Waals surface area contributed by atoms with Crippen molar-refractivity contribution in [3.05, 3.63) is 23.8 Å². The molecule has 0 spiro atoms. The average molecular weight is 377 g/mol. The Labute approximate surface area is 164 Å². The predicted octanol–water partition coefficient (Wildman–Crippen LogP) is 2.63. The maximum atomic E-state index is 5.39. The lowest BCUT2D eigenvalue weighted by atomic mass is 10.0. The van der Waals surface area contributed by atoms with Gasteiger partial charge in [0.1, 0.15) is 0 Å². The highest BCUT2D eigenvalue weighted by atomic mass is 16.5. The van der Waals surface area contributed by atoms with E-state index in [0.29, 0.717) is 6.04 Å². The first-order valence-electron chi connectivity index (χ1n) is 9.95. The summed E-state index contributed by atoms with van der Waals surface area (Å²) in [6.07, 6.45) is 4.93. The first-order valence-corrected chi connectivity index (χ1v) is 9.95. The van der Waals surface area contributed by atoms with Crippen LogP contribution in [0.2, 0.25) is 0 Å². The van der Waals surface area contributed by atoms with Gasteiger partial charge in [-0.1, -0.05) is 12.5 Å². The summed E-state index contributed by atoms with van der Waals surface area (Å²) in [5.41, 5.74) is 1.22. The van der Waals surface area contributed by atoms with E-state index in [1.807, 2.05) is 19.2 Å². The van der Waals surface area contributed by atoms with Crippen molar-refractivity contribution < 1.29 is 9.47 Å². The van der Waals surface area contributed by atoms with Crippen LogP contribution in [0, 0.1) is 0 Å². The minimum Gasteiger partial charge on any atom is -0.493 e. The number of nitrogens with one attached hydrogen (secondary N) is 1. The lowest BCUT2D eigenvalue weighted by Gasteiger charge is -2.33. The number of guanidine groups is 1. The summed E-state index contributed by atoms with van der Waals surface area (Å²) in [6.45, 7) is 6.44. The molecule has 1 fully saturated rings. The molecule has 152 valence electrons. The lowest BCUT2D eigenvalue weighted by molar-refractivity contribution is 0.163. The van der Waals surface area contributed by atoms with Gasteiger partial charge in [0.2, 0.25) is 0 Å². The zero-order valence-corrected chi connectivity index (χ0v) is 17.6. The standard InChI is InChI=1S/C21H36N4O2/c1-17-8-6-7-13-25(17)15-12-23-21(22-2)24(3)14-11-18-9-10-19(26-4)20(16-18)27-5/h9-10,16-17H,6-8,11-15H2,1-5H3,(H,22,23). The molecule has 0 saturated carbocycles. The van der Waals surface area contributed by atoms with Crippen molar-refractivity contribution in [2.45, 2.75) is 38.6 Å². The van der Waals surface area contributed by atoms with Gasteiger partial charge in [0.15, 0.2) is 17.5 Å². The number of nitrogens with zero attached hydrogens (tertiary/aromatic N) is 3. The zero-order valence-electron chi connectivity index (χ0n) is 17.6. The second-order valence-electron chi connectivity index (χ2n) is 7.22. The first kappa shape index (κ1) is 21.4. The molecule has 0 aromatic heterocycles. The van der Waals surface area contributed by atoms with E-state index in [4.69, 9.17) is 9.47 Å². The van der Waals surface area contributed by atoms with Crippen LogP contribution in [0.3, 0.4) is 0 Å². The summed E-state index contributed by atoms with van der Waals surface area (Å²) in [6, 6.07) is 6.79. The third-order valence-electron chi connectivity index (χ3n) is 5.38. The minimum atomic E-state index is 0.699. The summed E-state index contributed by atoms with van der Waals surface area (Å²) >= 11 is 0. The number of likely N-dealkylation sites (N-methyl/N-ethyl adjacent to an activating group) is 1. The van der Waals surface area contributed by atoms with Gasteiger partial charge in [-0.15, -0.1) is 0 Å². The van der Waals surface area contributed by atoms with Gasteiger partial charge in [-0.2, -0.15) is 0 Å². The molecule has 1 aliphatic heterocycles. The first-order chi connectivity index (χ1) is 13.1. The van der Waals surface area contributed by atoms with E-state index in [2.05, 4.69) is 40.1 Å². The Morgan fingerprint density at radius 3 is 2.70 bits per heavy atom. The van der Waals surface area contributed by atoms with Crippen molar-refractivity contribution in [2.75, 3.05) is 54.5 Å². The minimum absolute atomic E-state index is 0.699. The molecule has 1 N–H and O–H groups in total. The highest BCUT2D eigenvalue weighted by Crippen LogP contribution is 2.27. The van der Waals surface area contributed by atoms with Gasteiger partial charge in [0.25, 0.3) is 0 Å². The van der Waals surface area contributed by atoms with Crippen molar-refractivity contribution in [2.24, 2.45) is 4.99 Å². The number of piperidine rings is 1. The van der Waals surface area contributed by atoms with Crippen molar-refractivity contribution in [3.63, 3.8) is 0 Å². The Morgan fingerprint density at radius 2 is 2.04 bits per heavy atom. The Hall–Kier alpha value is -1.95. The molecule has 0 radical (unpaired) electrons. The maximum Gasteiger partial charge on any atom is 0.193 e. The van der Waals surface area contributed by atoms with E-state index >= 15 is 0 Å². The van der Waals surface area contributed by atoms with Gasteiger partial charge in [-0.3, -0.25) is 9.89 Å². The maximum absolute atomic E-state index is 5.39. The number of ether oxygens (including phenoxy) is 2. The van der Waals surface area contributed by atoms with Gasteiger partial charge < -0.3 is 19.7 Å². The fourth-order valence-electron chi connectivity index (χ4n) is 3.62. The Kier molecular flexibility index (Phi) is 8.72. The van der Waals surface area contributed by atoms with Crippen LogP contribution in [0.25, 0.3) is 0 Å². The summed E-state index contributed by atoms with van der Waals surface area (Å²) in [5, 5.41) is 3.50. The average Bonchev–Trinajstić information content (AvgIpc) is 2.70. The molecule has 2 rings (SSSR count). The van der Waals surface area contributed by atoms with Crippen LogP contribution in [0.4, 0.5) is 0 Å². The molecular weight excluding hydrogens is 340 g/mol. The normalized spacial score (nSPS) is 18.3. The number of benzene rings is 1. The Morgan fingerprint density at radius 1 is 1.26 bits per heavy atom. The number of rotatable bonds is 8. The van der Waals surface area contributed by atoms with Crippen LogP contribution in [0.1, 0.15) is 31.7 Å². The fraction of sp³-hybridized carbons (Fsp3) is 0.667. The van der Waals surface area contributed by atoms with Crippen LogP contribution < -0.4 is 14.8 Å². The molecule has 1 aliphatic rings. The summed E-state index contributed by atoms with van der Waals surface area (Å²) in [4.78, 5) is 9.19. The fourth-order valence-corrected chi connectivity index (χ4v) is 3.62. The molecule has 1 aromatic carbocycles. The van der Waals surface area contributed by atoms with E-state index in [-0.39, 0.29) is 0 Å². The van der Waals surface area contributed by atoms with Crippen molar-refractivity contribution in [1.29, 1.82) is 0 Å². The summed E-state index contributed by atoms with van der Waals surface area (Å²) in [7, 11) is 7.26. The van der Waals surface area contributed by atoms with Crippen molar-refractivity contribution in [1.82, 2.24) is 15.1 Å². The van der Waals surface area contributed by atoms with Gasteiger partial charge >= 0.3 is 0 Å². The van der Waals surface area contributed by atoms with E-state index in [1.165, 1.54) is 31.4 Å². The van der Waals surface area contributed by atoms with E-state index in [9.17, 15) is 0 Å². The number of hydrogen-bond acceptors (Lipinski definition) is 4. The second kappa shape index (κ2) is 11.0. The molecule has 0 aliphatic carbocycles. The monoisotopic (exact) mass is 376 g/mol. The van der Waals surface area contributed by atoms with Crippen molar-refractivity contribution in [3.8, 4) is 11.5 Å². The number of methoxy groups -OCH3 is 2. The van der Waals surface area contributed by atoms with Gasteiger partial charge in [0.05, 0.1) is 14.2 Å². The molecule has 6 nitrogen and oxygen atoms in total. The molecule has 0 amide bonds. The van der Waals surface area contributed by atoms with Crippen LogP contribution in [-0.2, 0) is 6.42 Å². The van der Waals surface area contributed by atoms with Crippen LogP contribution in [0.15, 0.2) is 23.2 Å². The molecule has 6 heteroatoms. The highest BCUT2D eigenvalue weighted by molar-refractivity contribution is 5.79. The van der Waals surface area contributed by atoms with Gasteiger partial charge in [0, 0.05) is 39.8 Å².